The van der Waals surface area contributed by atoms with Gasteiger partial charge in [0.2, 0.25) is 6.20 Å². The second-order valence-electron chi connectivity index (χ2n) is 2.83. The SMILES string of the molecule is COc1ccc(C=C[N+](=O)[O-])cc1C. The van der Waals surface area contributed by atoms with E-state index in [1.54, 1.807) is 19.2 Å². The Balaban J connectivity index is 2.91. The van der Waals surface area contributed by atoms with Crippen LogP contribution in [0.15, 0.2) is 24.4 Å². The van der Waals surface area contributed by atoms with Crippen molar-refractivity contribution >= 4 is 6.08 Å². The highest BCUT2D eigenvalue weighted by Crippen LogP contribution is 2.18. The minimum atomic E-state index is -0.487. The van der Waals surface area contributed by atoms with E-state index in [0.29, 0.717) is 0 Å². The zero-order chi connectivity index (χ0) is 10.6. The van der Waals surface area contributed by atoms with Gasteiger partial charge in [-0.3, -0.25) is 10.1 Å². The molecule has 74 valence electrons. The molecule has 0 aliphatic heterocycles. The summed E-state index contributed by atoms with van der Waals surface area (Å²) in [4.78, 5) is 9.59. The van der Waals surface area contributed by atoms with Gasteiger partial charge in [-0.25, -0.2) is 0 Å². The minimum Gasteiger partial charge on any atom is -0.496 e. The summed E-state index contributed by atoms with van der Waals surface area (Å²) in [6, 6.07) is 5.39. The van der Waals surface area contributed by atoms with Crippen molar-refractivity contribution in [2.75, 3.05) is 7.11 Å². The van der Waals surface area contributed by atoms with Crippen molar-refractivity contribution in [1.82, 2.24) is 0 Å². The van der Waals surface area contributed by atoms with Gasteiger partial charge < -0.3 is 4.74 Å². The third-order valence-corrected chi connectivity index (χ3v) is 1.81. The maximum absolute atomic E-state index is 10.1. The second kappa shape index (κ2) is 4.41. The first-order valence-corrected chi connectivity index (χ1v) is 4.10. The van der Waals surface area contributed by atoms with Crippen LogP contribution in [0, 0.1) is 17.0 Å². The van der Waals surface area contributed by atoms with Crippen molar-refractivity contribution in [2.45, 2.75) is 6.92 Å². The lowest BCUT2D eigenvalue weighted by Crippen LogP contribution is -1.87. The number of nitro groups is 1. The molecule has 0 aromatic heterocycles. The molecule has 0 fully saturated rings. The van der Waals surface area contributed by atoms with Gasteiger partial charge in [-0.2, -0.15) is 0 Å². The first-order chi connectivity index (χ1) is 6.63. The normalized spacial score (nSPS) is 10.4. The average Bonchev–Trinajstić information content (AvgIpc) is 2.15. The van der Waals surface area contributed by atoms with Crippen LogP contribution in [-0.2, 0) is 0 Å². The number of benzene rings is 1. The van der Waals surface area contributed by atoms with E-state index in [2.05, 4.69) is 0 Å². The Morgan fingerprint density at radius 3 is 2.71 bits per heavy atom. The monoisotopic (exact) mass is 193 g/mol. The Bertz CT molecular complexity index is 372. The van der Waals surface area contributed by atoms with Gasteiger partial charge in [-0.05, 0) is 30.2 Å². The molecule has 0 aliphatic carbocycles. The fourth-order valence-electron chi connectivity index (χ4n) is 1.15. The molecule has 0 atom stereocenters. The molecule has 0 aliphatic rings. The first kappa shape index (κ1) is 10.2. The summed E-state index contributed by atoms with van der Waals surface area (Å²) in [5.74, 6) is 0.781. The zero-order valence-electron chi connectivity index (χ0n) is 8.06. The van der Waals surface area contributed by atoms with Crippen molar-refractivity contribution in [3.63, 3.8) is 0 Å². The summed E-state index contributed by atoms with van der Waals surface area (Å²) < 4.78 is 5.07. The number of hydrogen-bond acceptors (Lipinski definition) is 3. The van der Waals surface area contributed by atoms with Crippen LogP contribution in [-0.4, -0.2) is 12.0 Å². The number of methoxy groups -OCH3 is 1. The van der Waals surface area contributed by atoms with Crippen LogP contribution >= 0.6 is 0 Å². The van der Waals surface area contributed by atoms with Crippen molar-refractivity contribution in [1.29, 1.82) is 0 Å². The molecular weight excluding hydrogens is 182 g/mol. The van der Waals surface area contributed by atoms with Gasteiger partial charge in [0.05, 0.1) is 12.0 Å². The number of rotatable bonds is 3. The molecular formula is C10H11NO3. The van der Waals surface area contributed by atoms with E-state index in [1.165, 1.54) is 6.08 Å². The van der Waals surface area contributed by atoms with Crippen LogP contribution in [0.1, 0.15) is 11.1 Å². The highest BCUT2D eigenvalue weighted by Gasteiger charge is 1.98. The maximum atomic E-state index is 10.1. The zero-order valence-corrected chi connectivity index (χ0v) is 8.06. The quantitative estimate of drug-likeness (QED) is 0.546. The molecule has 0 saturated heterocycles. The lowest BCUT2D eigenvalue weighted by Gasteiger charge is -2.03. The van der Waals surface area contributed by atoms with Crippen LogP contribution in [0.25, 0.3) is 6.08 Å². The Hall–Kier alpha value is -1.84. The fourth-order valence-corrected chi connectivity index (χ4v) is 1.15. The first-order valence-electron chi connectivity index (χ1n) is 4.10. The largest absolute Gasteiger partial charge is 0.496 e. The molecule has 14 heavy (non-hydrogen) atoms. The van der Waals surface area contributed by atoms with E-state index < -0.39 is 4.92 Å². The highest BCUT2D eigenvalue weighted by atomic mass is 16.6. The molecule has 0 radical (unpaired) electrons. The molecule has 0 bridgehead atoms. The van der Waals surface area contributed by atoms with Gasteiger partial charge in [0, 0.05) is 6.08 Å². The van der Waals surface area contributed by atoms with Crippen LogP contribution in [0.3, 0.4) is 0 Å². The summed E-state index contributed by atoms with van der Waals surface area (Å²) in [6.45, 7) is 1.89. The molecule has 0 N–H and O–H groups in total. The number of hydrogen-bond donors (Lipinski definition) is 0. The van der Waals surface area contributed by atoms with Crippen molar-refractivity contribution in [2.24, 2.45) is 0 Å². The predicted octanol–water partition coefficient (Wildman–Crippen LogP) is 2.25. The fraction of sp³-hybridized carbons (Fsp3) is 0.200. The Kier molecular flexibility index (Phi) is 3.23. The van der Waals surface area contributed by atoms with Gasteiger partial charge in [0.15, 0.2) is 0 Å². The van der Waals surface area contributed by atoms with Gasteiger partial charge >= 0.3 is 0 Å². The molecule has 0 amide bonds. The molecule has 4 heteroatoms. The Labute approximate surface area is 82.0 Å². The molecule has 1 aromatic carbocycles. The van der Waals surface area contributed by atoms with E-state index in [4.69, 9.17) is 4.74 Å². The van der Waals surface area contributed by atoms with E-state index in [0.717, 1.165) is 23.1 Å². The lowest BCUT2D eigenvalue weighted by molar-refractivity contribution is -0.400. The van der Waals surface area contributed by atoms with Crippen LogP contribution < -0.4 is 4.74 Å². The maximum Gasteiger partial charge on any atom is 0.235 e. The van der Waals surface area contributed by atoms with Gasteiger partial charge in [-0.1, -0.05) is 6.07 Å². The summed E-state index contributed by atoms with van der Waals surface area (Å²) in [5.41, 5.74) is 1.75. The predicted molar refractivity (Wildman–Crippen MR) is 53.8 cm³/mol. The van der Waals surface area contributed by atoms with Crippen LogP contribution in [0.4, 0.5) is 0 Å². The topological polar surface area (TPSA) is 52.4 Å². The van der Waals surface area contributed by atoms with Crippen LogP contribution in [0.5, 0.6) is 5.75 Å². The van der Waals surface area contributed by atoms with E-state index in [1.807, 2.05) is 13.0 Å². The van der Waals surface area contributed by atoms with Gasteiger partial charge in [0.1, 0.15) is 5.75 Å². The Morgan fingerprint density at radius 2 is 2.21 bits per heavy atom. The molecule has 0 heterocycles. The molecule has 4 nitrogen and oxygen atoms in total. The molecule has 0 saturated carbocycles. The summed E-state index contributed by atoms with van der Waals surface area (Å²) >= 11 is 0. The standard InChI is InChI=1S/C10H11NO3/c1-8-7-9(5-6-11(12)13)3-4-10(8)14-2/h3-7H,1-2H3. The van der Waals surface area contributed by atoms with E-state index in [9.17, 15) is 10.1 Å². The lowest BCUT2D eigenvalue weighted by atomic mass is 10.1. The summed E-state index contributed by atoms with van der Waals surface area (Å²) in [5, 5.41) is 10.1. The number of ether oxygens (including phenoxy) is 1. The summed E-state index contributed by atoms with van der Waals surface area (Å²) in [7, 11) is 1.59. The van der Waals surface area contributed by atoms with Crippen molar-refractivity contribution in [3.8, 4) is 5.75 Å². The molecule has 1 rings (SSSR count). The summed E-state index contributed by atoms with van der Waals surface area (Å²) in [6.07, 6.45) is 2.37. The van der Waals surface area contributed by atoms with Crippen molar-refractivity contribution < 1.29 is 9.66 Å². The van der Waals surface area contributed by atoms with Gasteiger partial charge in [-0.15, -0.1) is 0 Å². The second-order valence-corrected chi connectivity index (χ2v) is 2.83. The third kappa shape index (κ3) is 2.58. The molecule has 1 aromatic rings. The molecule has 0 unspecified atom stereocenters. The highest BCUT2D eigenvalue weighted by molar-refractivity contribution is 5.52. The smallest absolute Gasteiger partial charge is 0.235 e. The molecule has 0 spiro atoms. The average molecular weight is 193 g/mol. The number of nitrogens with zero attached hydrogens (tertiary/aromatic N) is 1. The van der Waals surface area contributed by atoms with E-state index >= 15 is 0 Å². The minimum absolute atomic E-state index is 0.487. The van der Waals surface area contributed by atoms with Gasteiger partial charge in [0.25, 0.3) is 0 Å². The number of aryl methyl sites for hydroxylation is 1. The Morgan fingerprint density at radius 1 is 1.50 bits per heavy atom. The van der Waals surface area contributed by atoms with E-state index in [-0.39, 0.29) is 0 Å². The van der Waals surface area contributed by atoms with Crippen LogP contribution in [0.2, 0.25) is 0 Å². The third-order valence-electron chi connectivity index (χ3n) is 1.81. The van der Waals surface area contributed by atoms with Crippen molar-refractivity contribution in [3.05, 3.63) is 45.6 Å².